The Bertz CT molecular complexity index is 679. The number of likely N-dealkylation sites (tertiary alicyclic amines) is 1. The summed E-state index contributed by atoms with van der Waals surface area (Å²) in [6.45, 7) is 9.12. The molecule has 7 heteroatoms. The summed E-state index contributed by atoms with van der Waals surface area (Å²) in [7, 11) is 1.59. The highest BCUT2D eigenvalue weighted by molar-refractivity contribution is 5.89. The fraction of sp³-hybridized carbons (Fsp3) is 0.600. The number of nitrogens with zero attached hydrogens (tertiary/aromatic N) is 1. The number of aliphatic hydroxyl groups excluding tert-OH is 1. The van der Waals surface area contributed by atoms with Gasteiger partial charge in [0.05, 0.1) is 19.3 Å². The van der Waals surface area contributed by atoms with Crippen LogP contribution in [0.1, 0.15) is 46.1 Å². The molecule has 1 aromatic rings. The molecule has 1 heterocycles. The second-order valence-electron chi connectivity index (χ2n) is 8.42. The Morgan fingerprint density at radius 3 is 2.30 bits per heavy atom. The third-order valence-electron chi connectivity index (χ3n) is 4.65. The lowest BCUT2D eigenvalue weighted by Crippen LogP contribution is -2.51. The van der Waals surface area contributed by atoms with Crippen molar-refractivity contribution in [3.05, 3.63) is 29.8 Å². The molecule has 0 radical (unpaired) electrons. The Hall–Kier alpha value is -2.28. The summed E-state index contributed by atoms with van der Waals surface area (Å²) in [5, 5.41) is 12.4. The van der Waals surface area contributed by atoms with Crippen molar-refractivity contribution in [1.82, 2.24) is 10.2 Å². The fourth-order valence-electron chi connectivity index (χ4n) is 3.11. The number of alkyl carbamates (subject to hydrolysis) is 1. The molecule has 150 valence electrons. The maximum Gasteiger partial charge on any atom is 0.408 e. The Labute approximate surface area is 160 Å². The molecule has 0 saturated carbocycles. The van der Waals surface area contributed by atoms with Gasteiger partial charge >= 0.3 is 6.09 Å². The Morgan fingerprint density at radius 1 is 1.22 bits per heavy atom. The number of carbonyl (C=O) groups is 2. The number of methoxy groups -OCH3 is 1. The van der Waals surface area contributed by atoms with E-state index in [9.17, 15) is 14.7 Å². The quantitative estimate of drug-likeness (QED) is 0.821. The van der Waals surface area contributed by atoms with Crippen LogP contribution in [0.2, 0.25) is 0 Å². The molecule has 1 aliphatic rings. The van der Waals surface area contributed by atoms with E-state index in [-0.39, 0.29) is 18.4 Å². The summed E-state index contributed by atoms with van der Waals surface area (Å²) in [6, 6.07) is 6.65. The van der Waals surface area contributed by atoms with Gasteiger partial charge in [0, 0.05) is 12.5 Å². The number of aliphatic hydroxyl groups is 1. The average molecular weight is 378 g/mol. The molecule has 27 heavy (non-hydrogen) atoms. The number of nitrogens with one attached hydrogen (secondary N) is 1. The van der Waals surface area contributed by atoms with Gasteiger partial charge in [-0.05, 0) is 52.3 Å². The number of ether oxygens (including phenoxy) is 2. The lowest BCUT2D eigenvalue weighted by Gasteiger charge is -2.34. The summed E-state index contributed by atoms with van der Waals surface area (Å²) in [4.78, 5) is 26.9. The molecule has 2 N–H and O–H groups in total. The molecule has 0 bridgehead atoms. The first-order valence-electron chi connectivity index (χ1n) is 9.04. The molecule has 0 aromatic heterocycles. The highest BCUT2D eigenvalue weighted by Crippen LogP contribution is 2.34. The van der Waals surface area contributed by atoms with Gasteiger partial charge in [0.2, 0.25) is 5.91 Å². The Kier molecular flexibility index (Phi) is 6.04. The summed E-state index contributed by atoms with van der Waals surface area (Å²) < 4.78 is 10.5. The minimum atomic E-state index is -0.765. The molecule has 0 aliphatic carbocycles. The predicted molar refractivity (Wildman–Crippen MR) is 102 cm³/mol. The topological polar surface area (TPSA) is 88.1 Å². The lowest BCUT2D eigenvalue weighted by molar-refractivity contribution is -0.135. The van der Waals surface area contributed by atoms with Crippen LogP contribution in [0.5, 0.6) is 5.75 Å². The van der Waals surface area contributed by atoms with Crippen molar-refractivity contribution in [2.24, 2.45) is 0 Å². The number of carbonyl (C=O) groups excluding carboxylic acids is 2. The minimum Gasteiger partial charge on any atom is -0.497 e. The number of hydrogen-bond donors (Lipinski definition) is 2. The lowest BCUT2D eigenvalue weighted by atomic mass is 9.94. The first-order chi connectivity index (χ1) is 12.5. The number of rotatable bonds is 5. The van der Waals surface area contributed by atoms with E-state index in [1.165, 1.54) is 0 Å². The molecule has 1 aromatic carbocycles. The van der Waals surface area contributed by atoms with Gasteiger partial charge in [-0.15, -0.1) is 0 Å². The van der Waals surface area contributed by atoms with E-state index in [0.29, 0.717) is 12.3 Å². The molecule has 2 rings (SSSR count). The van der Waals surface area contributed by atoms with E-state index in [1.54, 1.807) is 46.6 Å². The molecule has 7 nitrogen and oxygen atoms in total. The van der Waals surface area contributed by atoms with Crippen molar-refractivity contribution in [2.75, 3.05) is 20.3 Å². The molecule has 1 aliphatic heterocycles. The van der Waals surface area contributed by atoms with Crippen molar-refractivity contribution in [2.45, 2.75) is 57.7 Å². The zero-order valence-corrected chi connectivity index (χ0v) is 16.9. The number of hydrogen-bond acceptors (Lipinski definition) is 5. The van der Waals surface area contributed by atoms with Crippen LogP contribution >= 0.6 is 0 Å². The second kappa shape index (κ2) is 7.76. The van der Waals surface area contributed by atoms with E-state index >= 15 is 0 Å². The maximum atomic E-state index is 13.0. The fourth-order valence-corrected chi connectivity index (χ4v) is 3.11. The highest BCUT2D eigenvalue weighted by Gasteiger charge is 2.47. The van der Waals surface area contributed by atoms with Crippen LogP contribution in [0.15, 0.2) is 24.3 Å². The molecule has 2 amide bonds. The summed E-state index contributed by atoms with van der Waals surface area (Å²) >= 11 is 0. The zero-order chi connectivity index (χ0) is 20.4. The monoisotopic (exact) mass is 378 g/mol. The molecule has 1 fully saturated rings. The number of amides is 2. The standard InChI is InChI=1S/C20H30N2O5/c1-19(2,3)27-18(25)21-16-15(13-7-9-14(26-6)10-8-13)11-22(17(16)24)20(4,5)12-23/h7-10,15-16,23H,11-12H2,1-6H3,(H,21,25)/t15-,16-/m0/s1. The van der Waals surface area contributed by atoms with Crippen molar-refractivity contribution < 1.29 is 24.2 Å². The first-order valence-corrected chi connectivity index (χ1v) is 9.04. The van der Waals surface area contributed by atoms with Crippen molar-refractivity contribution >= 4 is 12.0 Å². The third kappa shape index (κ3) is 4.91. The maximum absolute atomic E-state index is 13.0. The summed E-state index contributed by atoms with van der Waals surface area (Å²) in [5.74, 6) is 0.217. The van der Waals surface area contributed by atoms with Crippen LogP contribution in [-0.2, 0) is 9.53 Å². The molecule has 0 spiro atoms. The van der Waals surface area contributed by atoms with Crippen molar-refractivity contribution in [3.63, 3.8) is 0 Å². The summed E-state index contributed by atoms with van der Waals surface area (Å²) in [6.07, 6.45) is -0.636. The van der Waals surface area contributed by atoms with Gasteiger partial charge in [0.25, 0.3) is 0 Å². The molecular formula is C20H30N2O5. The van der Waals surface area contributed by atoms with Gasteiger partial charge in [0.1, 0.15) is 17.4 Å². The van der Waals surface area contributed by atoms with Crippen LogP contribution < -0.4 is 10.1 Å². The van der Waals surface area contributed by atoms with Gasteiger partial charge < -0.3 is 24.8 Å². The number of benzene rings is 1. The van der Waals surface area contributed by atoms with Gasteiger partial charge in [-0.3, -0.25) is 4.79 Å². The van der Waals surface area contributed by atoms with Gasteiger partial charge in [-0.2, -0.15) is 0 Å². The Morgan fingerprint density at radius 2 is 1.81 bits per heavy atom. The zero-order valence-electron chi connectivity index (χ0n) is 16.9. The van der Waals surface area contributed by atoms with E-state index < -0.39 is 23.3 Å². The smallest absolute Gasteiger partial charge is 0.408 e. The molecule has 0 unspecified atom stereocenters. The van der Waals surface area contributed by atoms with E-state index in [1.807, 2.05) is 24.3 Å². The van der Waals surface area contributed by atoms with Crippen molar-refractivity contribution in [3.8, 4) is 5.75 Å². The van der Waals surface area contributed by atoms with Crippen LogP contribution in [0, 0.1) is 0 Å². The largest absolute Gasteiger partial charge is 0.497 e. The normalized spacial score (nSPS) is 20.6. The van der Waals surface area contributed by atoms with Crippen LogP contribution in [-0.4, -0.2) is 59.5 Å². The second-order valence-corrected chi connectivity index (χ2v) is 8.42. The van der Waals surface area contributed by atoms with Crippen LogP contribution in [0.25, 0.3) is 0 Å². The highest BCUT2D eigenvalue weighted by atomic mass is 16.6. The molecule has 1 saturated heterocycles. The van der Waals surface area contributed by atoms with E-state index in [2.05, 4.69) is 5.32 Å². The third-order valence-corrected chi connectivity index (χ3v) is 4.65. The predicted octanol–water partition coefficient (Wildman–Crippen LogP) is 2.29. The average Bonchev–Trinajstić information content (AvgIpc) is 2.91. The van der Waals surface area contributed by atoms with Gasteiger partial charge in [0.15, 0.2) is 0 Å². The summed E-state index contributed by atoms with van der Waals surface area (Å²) in [5.41, 5.74) is -0.487. The van der Waals surface area contributed by atoms with Crippen LogP contribution in [0.4, 0.5) is 4.79 Å². The molecular weight excluding hydrogens is 348 g/mol. The van der Waals surface area contributed by atoms with Crippen molar-refractivity contribution in [1.29, 1.82) is 0 Å². The first kappa shape index (κ1) is 21.0. The Balaban J connectivity index is 2.31. The van der Waals surface area contributed by atoms with E-state index in [4.69, 9.17) is 9.47 Å². The SMILES string of the molecule is COc1ccc([C@@H]2CN(C(C)(C)CO)C(=O)[C@H]2NC(=O)OC(C)(C)C)cc1. The molecule has 2 atom stereocenters. The van der Waals surface area contributed by atoms with Gasteiger partial charge in [-0.25, -0.2) is 4.79 Å². The van der Waals surface area contributed by atoms with Gasteiger partial charge in [-0.1, -0.05) is 12.1 Å². The minimum absolute atomic E-state index is 0.173. The van der Waals surface area contributed by atoms with E-state index in [0.717, 1.165) is 5.56 Å². The van der Waals surface area contributed by atoms with Crippen LogP contribution in [0.3, 0.4) is 0 Å².